The van der Waals surface area contributed by atoms with Crippen molar-refractivity contribution in [2.24, 2.45) is 0 Å². The molecular formula is C14H16N6O2. The monoisotopic (exact) mass is 300 g/mol. The van der Waals surface area contributed by atoms with Crippen LogP contribution >= 0.6 is 0 Å². The number of aromatic amines is 1. The number of aromatic nitrogens is 4. The fourth-order valence-corrected chi connectivity index (χ4v) is 2.59. The lowest BCUT2D eigenvalue weighted by Gasteiger charge is -2.23. The molecule has 0 radical (unpaired) electrons. The fraction of sp³-hybridized carbons (Fsp3) is 0.357. The van der Waals surface area contributed by atoms with Crippen molar-refractivity contribution in [1.29, 1.82) is 0 Å². The van der Waals surface area contributed by atoms with Crippen LogP contribution in [0.25, 0.3) is 0 Å². The zero-order chi connectivity index (χ0) is 15.5. The van der Waals surface area contributed by atoms with Crippen LogP contribution in [0.3, 0.4) is 0 Å². The number of rotatable bonds is 3. The molecule has 0 aliphatic carbocycles. The first kappa shape index (κ1) is 14.2. The molecule has 1 atom stereocenters. The van der Waals surface area contributed by atoms with Crippen LogP contribution in [0.2, 0.25) is 0 Å². The van der Waals surface area contributed by atoms with Crippen LogP contribution in [0, 0.1) is 0 Å². The maximum Gasteiger partial charge on any atom is 0.274 e. The zero-order valence-corrected chi connectivity index (χ0v) is 12.1. The van der Waals surface area contributed by atoms with Gasteiger partial charge < -0.3 is 10.2 Å². The molecule has 2 N–H and O–H groups in total. The molecule has 22 heavy (non-hydrogen) atoms. The van der Waals surface area contributed by atoms with E-state index in [2.05, 4.69) is 25.5 Å². The molecule has 8 nitrogen and oxygen atoms in total. The minimum atomic E-state index is -0.331. The van der Waals surface area contributed by atoms with E-state index in [0.717, 1.165) is 18.5 Å². The normalized spacial score (nSPS) is 17.5. The van der Waals surface area contributed by atoms with Gasteiger partial charge in [-0.2, -0.15) is 5.10 Å². The van der Waals surface area contributed by atoms with Gasteiger partial charge in [-0.3, -0.25) is 14.6 Å². The van der Waals surface area contributed by atoms with Crippen molar-refractivity contribution in [3.63, 3.8) is 0 Å². The standard InChI is InChI=1S/C14H16N6O2/c1-15-12-8-16-7-10(17-12)11-3-2-6-20(11)14(22)9-4-5-13(21)19-18-9/h4-5,7-8,11H,2-3,6H2,1H3,(H,15,17)(H,19,21)/t11-/m0/s1. The molecule has 1 amide bonds. The quantitative estimate of drug-likeness (QED) is 0.859. The Kier molecular flexibility index (Phi) is 3.82. The highest BCUT2D eigenvalue weighted by Gasteiger charge is 2.32. The molecule has 0 spiro atoms. The van der Waals surface area contributed by atoms with Crippen molar-refractivity contribution in [2.45, 2.75) is 18.9 Å². The third-order valence-corrected chi connectivity index (χ3v) is 3.66. The molecule has 1 fully saturated rings. The van der Waals surface area contributed by atoms with Crippen LogP contribution in [0.4, 0.5) is 5.82 Å². The molecule has 114 valence electrons. The first-order valence-corrected chi connectivity index (χ1v) is 7.05. The molecule has 2 aromatic heterocycles. The van der Waals surface area contributed by atoms with Gasteiger partial charge in [-0.15, -0.1) is 0 Å². The topological polar surface area (TPSA) is 104 Å². The fourth-order valence-electron chi connectivity index (χ4n) is 2.59. The van der Waals surface area contributed by atoms with Gasteiger partial charge in [0.1, 0.15) is 11.5 Å². The molecule has 1 saturated heterocycles. The van der Waals surface area contributed by atoms with Crippen molar-refractivity contribution in [3.05, 3.63) is 46.3 Å². The van der Waals surface area contributed by atoms with Gasteiger partial charge in [0.25, 0.3) is 11.5 Å². The zero-order valence-electron chi connectivity index (χ0n) is 12.1. The van der Waals surface area contributed by atoms with E-state index in [1.54, 1.807) is 24.3 Å². The molecular weight excluding hydrogens is 284 g/mol. The number of hydrogen-bond donors (Lipinski definition) is 2. The van der Waals surface area contributed by atoms with E-state index in [4.69, 9.17) is 0 Å². The Labute approximate surface area is 126 Å². The predicted molar refractivity (Wildman–Crippen MR) is 79.4 cm³/mol. The lowest BCUT2D eigenvalue weighted by molar-refractivity contribution is 0.0725. The number of amides is 1. The number of hydrogen-bond acceptors (Lipinski definition) is 6. The van der Waals surface area contributed by atoms with Gasteiger partial charge in [-0.25, -0.2) is 10.1 Å². The van der Waals surface area contributed by atoms with Crippen molar-refractivity contribution in [1.82, 2.24) is 25.1 Å². The average Bonchev–Trinajstić information content (AvgIpc) is 3.04. The average molecular weight is 300 g/mol. The third kappa shape index (κ3) is 2.67. The van der Waals surface area contributed by atoms with E-state index in [1.807, 2.05) is 0 Å². The number of likely N-dealkylation sites (tertiary alicyclic amines) is 1. The lowest BCUT2D eigenvalue weighted by Crippen LogP contribution is -2.32. The van der Waals surface area contributed by atoms with E-state index < -0.39 is 0 Å². The van der Waals surface area contributed by atoms with E-state index in [9.17, 15) is 9.59 Å². The van der Waals surface area contributed by atoms with Crippen LogP contribution < -0.4 is 10.9 Å². The van der Waals surface area contributed by atoms with Crippen LogP contribution in [0.15, 0.2) is 29.3 Å². The smallest absolute Gasteiger partial charge is 0.274 e. The lowest BCUT2D eigenvalue weighted by atomic mass is 10.1. The summed E-state index contributed by atoms with van der Waals surface area (Å²) in [5, 5.41) is 9.04. The third-order valence-electron chi connectivity index (χ3n) is 3.66. The number of carbonyl (C=O) groups is 1. The maximum absolute atomic E-state index is 12.6. The Morgan fingerprint density at radius 1 is 1.41 bits per heavy atom. The molecule has 2 aromatic rings. The molecule has 0 bridgehead atoms. The summed E-state index contributed by atoms with van der Waals surface area (Å²) in [5.74, 6) is 0.453. The van der Waals surface area contributed by atoms with E-state index in [1.165, 1.54) is 12.1 Å². The van der Waals surface area contributed by atoms with Crippen molar-refractivity contribution in [2.75, 3.05) is 18.9 Å². The van der Waals surface area contributed by atoms with E-state index >= 15 is 0 Å². The summed E-state index contributed by atoms with van der Waals surface area (Å²) in [4.78, 5) is 34.0. The Bertz CT molecular complexity index is 724. The summed E-state index contributed by atoms with van der Waals surface area (Å²) < 4.78 is 0. The van der Waals surface area contributed by atoms with Crippen LogP contribution in [0.1, 0.15) is 35.1 Å². The van der Waals surface area contributed by atoms with E-state index in [0.29, 0.717) is 12.4 Å². The highest BCUT2D eigenvalue weighted by molar-refractivity contribution is 5.92. The number of nitrogens with one attached hydrogen (secondary N) is 2. The summed E-state index contributed by atoms with van der Waals surface area (Å²) in [6, 6.07) is 2.61. The largest absolute Gasteiger partial charge is 0.372 e. The molecule has 0 unspecified atom stereocenters. The molecule has 8 heteroatoms. The Balaban J connectivity index is 1.87. The van der Waals surface area contributed by atoms with Gasteiger partial charge >= 0.3 is 0 Å². The van der Waals surface area contributed by atoms with Gasteiger partial charge in [0.05, 0.1) is 24.1 Å². The molecule has 3 rings (SSSR count). The Hall–Kier alpha value is -2.77. The predicted octanol–water partition coefficient (Wildman–Crippen LogP) is 0.579. The minimum Gasteiger partial charge on any atom is -0.372 e. The summed E-state index contributed by atoms with van der Waals surface area (Å²) in [5.41, 5.74) is 0.647. The number of H-pyrrole nitrogens is 1. The van der Waals surface area contributed by atoms with Gasteiger partial charge in [0, 0.05) is 19.7 Å². The first-order chi connectivity index (χ1) is 10.7. The molecule has 1 aliphatic rings. The number of carbonyl (C=O) groups excluding carboxylic acids is 1. The Morgan fingerprint density at radius 3 is 3.00 bits per heavy atom. The second-order valence-electron chi connectivity index (χ2n) is 5.04. The van der Waals surface area contributed by atoms with Crippen molar-refractivity contribution in [3.8, 4) is 0 Å². The van der Waals surface area contributed by atoms with Gasteiger partial charge in [0.15, 0.2) is 0 Å². The second kappa shape index (κ2) is 5.92. The van der Waals surface area contributed by atoms with Gasteiger partial charge in [-0.05, 0) is 18.9 Å². The molecule has 3 heterocycles. The summed E-state index contributed by atoms with van der Waals surface area (Å²) in [6.07, 6.45) is 5.04. The van der Waals surface area contributed by atoms with Gasteiger partial charge in [-0.1, -0.05) is 0 Å². The number of nitrogens with zero attached hydrogens (tertiary/aromatic N) is 4. The first-order valence-electron chi connectivity index (χ1n) is 7.05. The highest BCUT2D eigenvalue weighted by Crippen LogP contribution is 2.31. The van der Waals surface area contributed by atoms with E-state index in [-0.39, 0.29) is 23.2 Å². The second-order valence-corrected chi connectivity index (χ2v) is 5.04. The minimum absolute atomic E-state index is 0.123. The van der Waals surface area contributed by atoms with Crippen molar-refractivity contribution < 1.29 is 4.79 Å². The maximum atomic E-state index is 12.6. The van der Waals surface area contributed by atoms with Crippen molar-refractivity contribution >= 4 is 11.7 Å². The molecule has 0 aromatic carbocycles. The SMILES string of the molecule is CNc1cncc([C@@H]2CCCN2C(=O)c2ccc(=O)[nH]n2)n1. The molecule has 0 saturated carbocycles. The van der Waals surface area contributed by atoms with Crippen LogP contribution in [0.5, 0.6) is 0 Å². The van der Waals surface area contributed by atoms with Crippen LogP contribution in [-0.4, -0.2) is 44.6 Å². The summed E-state index contributed by atoms with van der Waals surface area (Å²) in [7, 11) is 1.77. The van der Waals surface area contributed by atoms with Gasteiger partial charge in [0.2, 0.25) is 0 Å². The number of anilines is 1. The van der Waals surface area contributed by atoms with Crippen LogP contribution in [-0.2, 0) is 0 Å². The Morgan fingerprint density at radius 2 is 2.27 bits per heavy atom. The summed E-state index contributed by atoms with van der Waals surface area (Å²) >= 11 is 0. The molecule has 1 aliphatic heterocycles. The summed E-state index contributed by atoms with van der Waals surface area (Å²) in [6.45, 7) is 0.635. The highest BCUT2D eigenvalue weighted by atomic mass is 16.2.